The van der Waals surface area contributed by atoms with E-state index in [4.69, 9.17) is 4.74 Å². The van der Waals surface area contributed by atoms with E-state index in [1.54, 1.807) is 31.2 Å². The predicted octanol–water partition coefficient (Wildman–Crippen LogP) is 0.271. The van der Waals surface area contributed by atoms with Crippen LogP contribution >= 0.6 is 0 Å². The molecule has 2 aromatic rings. The second-order valence-electron chi connectivity index (χ2n) is 5.22. The van der Waals surface area contributed by atoms with Gasteiger partial charge in [0.25, 0.3) is 11.7 Å². The van der Waals surface area contributed by atoms with Gasteiger partial charge < -0.3 is 19.8 Å². The van der Waals surface area contributed by atoms with E-state index < -0.39 is 11.8 Å². The van der Waals surface area contributed by atoms with E-state index >= 15 is 0 Å². The van der Waals surface area contributed by atoms with E-state index in [2.05, 4.69) is 5.32 Å². The summed E-state index contributed by atoms with van der Waals surface area (Å²) in [6, 6.07) is 6.56. The van der Waals surface area contributed by atoms with E-state index in [1.165, 1.54) is 6.20 Å². The number of benzene rings is 1. The molecule has 0 radical (unpaired) electrons. The van der Waals surface area contributed by atoms with Crippen molar-refractivity contribution in [3.8, 4) is 0 Å². The second-order valence-corrected chi connectivity index (χ2v) is 5.22. The van der Waals surface area contributed by atoms with Crippen molar-refractivity contribution < 1.29 is 14.3 Å². The molecule has 2 unspecified atom stereocenters. The van der Waals surface area contributed by atoms with Crippen LogP contribution in [-0.4, -0.2) is 28.6 Å². The molecule has 1 aliphatic heterocycles. The Bertz CT molecular complexity index is 714. The number of rotatable bonds is 2. The summed E-state index contributed by atoms with van der Waals surface area (Å²) in [5, 5.41) is 24.7. The lowest BCUT2D eigenvalue weighted by Gasteiger charge is -2.23. The Labute approximate surface area is 114 Å². The minimum atomic E-state index is -0.713. The predicted molar refractivity (Wildman–Crippen MR) is 71.4 cm³/mol. The highest BCUT2D eigenvalue weighted by Crippen LogP contribution is 2.26. The van der Waals surface area contributed by atoms with Crippen molar-refractivity contribution in [3.63, 3.8) is 0 Å². The number of para-hydroxylation sites is 2. The Hall–Kier alpha value is -1.96. The second kappa shape index (κ2) is 4.55. The average molecular weight is 277 g/mol. The van der Waals surface area contributed by atoms with Crippen molar-refractivity contribution in [2.24, 2.45) is 0 Å². The Morgan fingerprint density at radius 3 is 3.05 bits per heavy atom. The lowest BCUT2D eigenvalue weighted by Crippen LogP contribution is -2.43. The van der Waals surface area contributed by atoms with E-state index in [1.807, 2.05) is 0 Å². The normalized spacial score (nSPS) is 26.2. The number of fused-ring (bicyclic) bond motifs is 1. The minimum absolute atomic E-state index is 0.118. The van der Waals surface area contributed by atoms with Gasteiger partial charge in [0.2, 0.25) is 0 Å². The van der Waals surface area contributed by atoms with Crippen LogP contribution in [0.1, 0.15) is 18.8 Å². The first-order valence-electron chi connectivity index (χ1n) is 6.29. The van der Waals surface area contributed by atoms with Crippen LogP contribution in [0, 0.1) is 10.1 Å². The molecule has 1 saturated heterocycles. The third-order valence-electron chi connectivity index (χ3n) is 3.49. The van der Waals surface area contributed by atoms with Crippen molar-refractivity contribution in [2.75, 3.05) is 13.2 Å². The molecule has 0 spiro atoms. The minimum Gasteiger partial charge on any atom is -0.805 e. The van der Waals surface area contributed by atoms with Gasteiger partial charge in [-0.15, -0.1) is 0 Å². The number of hydrogen-bond acceptors (Lipinski definition) is 5. The number of hydrogen-bond donors (Lipinski definition) is 2. The molecule has 2 N–H and O–H groups in total. The summed E-state index contributed by atoms with van der Waals surface area (Å²) >= 11 is 0. The SMILES string of the molecule is CC1(CO)COC(c2c[n+](=O)c3ccccc3n2[O-])N1. The fourth-order valence-electron chi connectivity index (χ4n) is 2.30. The molecule has 20 heavy (non-hydrogen) atoms. The largest absolute Gasteiger partial charge is 0.805 e. The summed E-state index contributed by atoms with van der Waals surface area (Å²) in [6.07, 6.45) is 0.491. The highest BCUT2D eigenvalue weighted by atomic mass is 16.5. The molecular weight excluding hydrogens is 262 g/mol. The first kappa shape index (κ1) is 13.0. The van der Waals surface area contributed by atoms with Crippen LogP contribution in [0.2, 0.25) is 0 Å². The van der Waals surface area contributed by atoms with Gasteiger partial charge in [0.05, 0.1) is 23.2 Å². The van der Waals surface area contributed by atoms with Crippen LogP contribution in [0.3, 0.4) is 0 Å². The third-order valence-corrected chi connectivity index (χ3v) is 3.49. The molecular formula is C13H15N3O4. The van der Waals surface area contributed by atoms with Crippen molar-refractivity contribution in [1.29, 1.82) is 0 Å². The summed E-state index contributed by atoms with van der Waals surface area (Å²) in [5.74, 6) is 0. The summed E-state index contributed by atoms with van der Waals surface area (Å²) in [5.41, 5.74) is 0.143. The molecule has 0 aliphatic carbocycles. The van der Waals surface area contributed by atoms with Crippen LogP contribution in [0.25, 0.3) is 11.0 Å². The van der Waals surface area contributed by atoms with E-state index in [0.29, 0.717) is 14.7 Å². The molecule has 0 bridgehead atoms. The molecule has 3 rings (SSSR count). The standard InChI is InChI=1S/C13H15N3O4/c1-13(7-17)8-20-12(14-13)11-6-15(18)9-4-2-3-5-10(9)16(11)19/h2-6,12,14,17H,7-8H2,1H3. The summed E-state index contributed by atoms with van der Waals surface area (Å²) in [7, 11) is 0. The number of aliphatic hydroxyl groups is 1. The first-order valence-corrected chi connectivity index (χ1v) is 6.29. The van der Waals surface area contributed by atoms with Crippen LogP contribution in [0.15, 0.2) is 30.5 Å². The lowest BCUT2D eigenvalue weighted by molar-refractivity contribution is -0.465. The average Bonchev–Trinajstić information content (AvgIpc) is 2.86. The van der Waals surface area contributed by atoms with Crippen molar-refractivity contribution in [1.82, 2.24) is 10.0 Å². The maximum atomic E-state index is 12.3. The molecule has 2 heterocycles. The first-order chi connectivity index (χ1) is 9.54. The third kappa shape index (κ3) is 1.96. The summed E-state index contributed by atoms with van der Waals surface area (Å²) < 4.78 is 6.82. The Morgan fingerprint density at radius 2 is 2.35 bits per heavy atom. The topological polar surface area (TPSA) is 92.5 Å². The van der Waals surface area contributed by atoms with Gasteiger partial charge in [0, 0.05) is 11.0 Å². The van der Waals surface area contributed by atoms with E-state index in [9.17, 15) is 15.2 Å². The molecule has 1 aromatic carbocycles. The van der Waals surface area contributed by atoms with Gasteiger partial charge in [-0.1, -0.05) is 12.1 Å². The summed E-state index contributed by atoms with van der Waals surface area (Å²) in [4.78, 5) is 12.0. The van der Waals surface area contributed by atoms with Crippen LogP contribution in [0.5, 0.6) is 0 Å². The maximum Gasteiger partial charge on any atom is 0.285 e. The maximum absolute atomic E-state index is 12.3. The van der Waals surface area contributed by atoms with Crippen LogP contribution in [0.4, 0.5) is 0 Å². The fourth-order valence-corrected chi connectivity index (χ4v) is 2.30. The van der Waals surface area contributed by atoms with Crippen molar-refractivity contribution in [3.05, 3.63) is 46.3 Å². The fraction of sp³-hybridized carbons (Fsp3) is 0.385. The van der Waals surface area contributed by atoms with Gasteiger partial charge in [-0.25, -0.2) is 0 Å². The molecule has 7 nitrogen and oxygen atoms in total. The quantitative estimate of drug-likeness (QED) is 0.769. The number of aliphatic hydroxyl groups excluding tert-OH is 1. The highest BCUT2D eigenvalue weighted by Gasteiger charge is 2.37. The molecule has 1 fully saturated rings. The molecule has 2 atom stereocenters. The van der Waals surface area contributed by atoms with Crippen molar-refractivity contribution >= 4 is 11.0 Å². The number of aromatic nitrogens is 2. The monoisotopic (exact) mass is 277 g/mol. The lowest BCUT2D eigenvalue weighted by atomic mass is 10.1. The molecule has 0 saturated carbocycles. The smallest absolute Gasteiger partial charge is 0.285 e. The van der Waals surface area contributed by atoms with Crippen LogP contribution in [-0.2, 0) is 4.74 Å². The Balaban J connectivity index is 2.10. The number of nitrogens with one attached hydrogen (secondary N) is 1. The Kier molecular flexibility index (Phi) is 2.97. The Morgan fingerprint density at radius 1 is 1.60 bits per heavy atom. The van der Waals surface area contributed by atoms with Gasteiger partial charge in [-0.3, -0.25) is 5.32 Å². The van der Waals surface area contributed by atoms with E-state index in [-0.39, 0.29) is 24.4 Å². The highest BCUT2D eigenvalue weighted by molar-refractivity contribution is 5.71. The van der Waals surface area contributed by atoms with Crippen LogP contribution < -0.4 is 9.74 Å². The van der Waals surface area contributed by atoms with Gasteiger partial charge in [-0.2, -0.15) is 0 Å². The number of ether oxygens (including phenoxy) is 1. The zero-order valence-corrected chi connectivity index (χ0v) is 10.9. The molecule has 7 heteroatoms. The van der Waals surface area contributed by atoms with Gasteiger partial charge in [0.1, 0.15) is 11.2 Å². The summed E-state index contributed by atoms with van der Waals surface area (Å²) in [6.45, 7) is 1.93. The molecule has 1 aromatic heterocycles. The zero-order chi connectivity index (χ0) is 14.3. The zero-order valence-electron chi connectivity index (χ0n) is 10.9. The van der Waals surface area contributed by atoms with E-state index in [0.717, 1.165) is 0 Å². The van der Waals surface area contributed by atoms with Crippen molar-refractivity contribution in [2.45, 2.75) is 18.7 Å². The molecule has 106 valence electrons. The molecule has 0 amide bonds. The van der Waals surface area contributed by atoms with Gasteiger partial charge in [0.15, 0.2) is 6.23 Å². The number of nitrogens with zero attached hydrogens (tertiary/aromatic N) is 2. The molecule has 1 aliphatic rings. The van der Waals surface area contributed by atoms with Gasteiger partial charge in [-0.05, 0) is 13.0 Å². The van der Waals surface area contributed by atoms with Gasteiger partial charge >= 0.3 is 0 Å².